The van der Waals surface area contributed by atoms with E-state index in [1.54, 1.807) is 12.4 Å². The monoisotopic (exact) mass is 639 g/mol. The maximum atomic E-state index is 13.1. The van der Waals surface area contributed by atoms with Crippen LogP contribution in [-0.2, 0) is 6.54 Å². The van der Waals surface area contributed by atoms with E-state index in [1.807, 2.05) is 54.8 Å². The first-order valence-corrected chi connectivity index (χ1v) is 14.7. The number of carbonyl (C=O) groups excluding carboxylic acids is 1. The molecule has 0 spiro atoms. The maximum absolute atomic E-state index is 13.1. The molecule has 0 atom stereocenters. The van der Waals surface area contributed by atoms with Gasteiger partial charge in [-0.15, -0.1) is 11.3 Å². The minimum Gasteiger partial charge on any atom is -0.331 e. The number of aryl methyl sites for hydroxylation is 1. The molecule has 9 heteroatoms. The third kappa shape index (κ3) is 6.46. The molecule has 5 rings (SSSR count). The SMILES string of the molecule is Cc1ccc(NC(=O)c2cc(Br)c(CN3CCCCC3)c(Br)c2)cc1Nc1nc(-c2cccnc2)cs1. The van der Waals surface area contributed by atoms with Crippen LogP contribution < -0.4 is 10.6 Å². The Morgan fingerprint density at radius 3 is 2.59 bits per heavy atom. The van der Waals surface area contributed by atoms with Crippen LogP contribution in [0.1, 0.15) is 40.7 Å². The van der Waals surface area contributed by atoms with Crippen LogP contribution in [0.5, 0.6) is 0 Å². The number of benzene rings is 2. The molecule has 37 heavy (non-hydrogen) atoms. The first-order chi connectivity index (χ1) is 18.0. The van der Waals surface area contributed by atoms with Gasteiger partial charge in [0.2, 0.25) is 0 Å². The van der Waals surface area contributed by atoms with Crippen molar-refractivity contribution in [2.45, 2.75) is 32.7 Å². The molecule has 1 aliphatic rings. The predicted octanol–water partition coefficient (Wildman–Crippen LogP) is 8.02. The topological polar surface area (TPSA) is 70.2 Å². The second kappa shape index (κ2) is 11.9. The number of piperidine rings is 1. The molecule has 1 aliphatic heterocycles. The van der Waals surface area contributed by atoms with Crippen LogP contribution in [-0.4, -0.2) is 33.9 Å². The number of thiazole rings is 1. The van der Waals surface area contributed by atoms with Crippen molar-refractivity contribution in [2.24, 2.45) is 0 Å². The summed E-state index contributed by atoms with van der Waals surface area (Å²) in [5.74, 6) is -0.158. The fraction of sp³-hybridized carbons (Fsp3) is 0.250. The van der Waals surface area contributed by atoms with Gasteiger partial charge in [-0.25, -0.2) is 4.98 Å². The van der Waals surface area contributed by atoms with Crippen LogP contribution in [0.15, 0.2) is 69.2 Å². The number of pyridine rings is 1. The molecule has 0 unspecified atom stereocenters. The summed E-state index contributed by atoms with van der Waals surface area (Å²) in [7, 11) is 0. The van der Waals surface area contributed by atoms with Gasteiger partial charge in [0.05, 0.1) is 5.69 Å². The zero-order valence-electron chi connectivity index (χ0n) is 20.4. The van der Waals surface area contributed by atoms with E-state index in [0.29, 0.717) is 11.3 Å². The van der Waals surface area contributed by atoms with E-state index in [0.717, 1.165) is 56.2 Å². The largest absolute Gasteiger partial charge is 0.331 e. The summed E-state index contributed by atoms with van der Waals surface area (Å²) < 4.78 is 1.88. The molecular weight excluding hydrogens is 614 g/mol. The summed E-state index contributed by atoms with van der Waals surface area (Å²) in [6.45, 7) is 5.14. The molecule has 0 aliphatic carbocycles. The van der Waals surface area contributed by atoms with E-state index < -0.39 is 0 Å². The van der Waals surface area contributed by atoms with E-state index in [1.165, 1.54) is 36.2 Å². The van der Waals surface area contributed by atoms with Crippen LogP contribution >= 0.6 is 43.2 Å². The molecule has 1 amide bonds. The standard InChI is InChI=1S/C28H27Br2N5OS/c1-18-7-8-21(14-25(18)33-28-34-26(17-37-28)19-6-5-9-31-15-19)32-27(36)20-12-23(29)22(24(30)13-20)16-35-10-3-2-4-11-35/h5-9,12-15,17H,2-4,10-11,16H2,1H3,(H,32,36)(H,33,34). The van der Waals surface area contributed by atoms with Crippen molar-refractivity contribution in [3.8, 4) is 11.3 Å². The molecule has 0 bridgehead atoms. The summed E-state index contributed by atoms with van der Waals surface area (Å²) in [6, 6.07) is 13.5. The molecule has 2 aromatic heterocycles. The van der Waals surface area contributed by atoms with Gasteiger partial charge < -0.3 is 10.6 Å². The van der Waals surface area contributed by atoms with Gasteiger partial charge in [0.1, 0.15) is 0 Å². The number of nitrogens with one attached hydrogen (secondary N) is 2. The van der Waals surface area contributed by atoms with Crippen molar-refractivity contribution in [3.63, 3.8) is 0 Å². The lowest BCUT2D eigenvalue weighted by molar-refractivity contribution is 0.102. The molecule has 2 N–H and O–H groups in total. The second-order valence-electron chi connectivity index (χ2n) is 9.14. The number of likely N-dealkylation sites (tertiary alicyclic amines) is 1. The second-order valence-corrected chi connectivity index (χ2v) is 11.7. The van der Waals surface area contributed by atoms with Crippen molar-refractivity contribution in [3.05, 3.63) is 85.9 Å². The lowest BCUT2D eigenvalue weighted by atomic mass is 10.1. The molecule has 3 heterocycles. The summed E-state index contributed by atoms with van der Waals surface area (Å²) in [6.07, 6.45) is 7.36. The van der Waals surface area contributed by atoms with Gasteiger partial charge in [-0.3, -0.25) is 14.7 Å². The molecule has 1 fully saturated rings. The van der Waals surface area contributed by atoms with Crippen molar-refractivity contribution in [1.29, 1.82) is 0 Å². The number of anilines is 3. The Hall–Kier alpha value is -2.59. The molecule has 0 radical (unpaired) electrons. The predicted molar refractivity (Wildman–Crippen MR) is 159 cm³/mol. The minimum absolute atomic E-state index is 0.158. The quantitative estimate of drug-likeness (QED) is 0.214. The number of aromatic nitrogens is 2. The lowest BCUT2D eigenvalue weighted by Gasteiger charge is -2.27. The Kier molecular flexibility index (Phi) is 8.34. The van der Waals surface area contributed by atoms with Gasteiger partial charge in [0, 0.05) is 55.8 Å². The van der Waals surface area contributed by atoms with Gasteiger partial charge in [0.15, 0.2) is 5.13 Å². The van der Waals surface area contributed by atoms with Gasteiger partial charge in [-0.1, -0.05) is 44.3 Å². The van der Waals surface area contributed by atoms with Crippen LogP contribution in [0.3, 0.4) is 0 Å². The number of hydrogen-bond donors (Lipinski definition) is 2. The third-order valence-corrected chi connectivity index (χ3v) is 8.60. The number of halogens is 2. The van der Waals surface area contributed by atoms with Crippen molar-refractivity contribution < 1.29 is 4.79 Å². The number of hydrogen-bond acceptors (Lipinski definition) is 6. The molecule has 6 nitrogen and oxygen atoms in total. The summed E-state index contributed by atoms with van der Waals surface area (Å²) in [5.41, 5.74) is 6.29. The zero-order chi connectivity index (χ0) is 25.8. The van der Waals surface area contributed by atoms with Crippen molar-refractivity contribution >= 4 is 65.6 Å². The summed E-state index contributed by atoms with van der Waals surface area (Å²) in [4.78, 5) is 24.5. The van der Waals surface area contributed by atoms with Crippen LogP contribution in [0.25, 0.3) is 11.3 Å². The average molecular weight is 641 g/mol. The third-order valence-electron chi connectivity index (χ3n) is 6.43. The van der Waals surface area contributed by atoms with E-state index in [9.17, 15) is 4.79 Å². The number of carbonyl (C=O) groups is 1. The fourth-order valence-corrected chi connectivity index (χ4v) is 6.53. The smallest absolute Gasteiger partial charge is 0.255 e. The van der Waals surface area contributed by atoms with E-state index >= 15 is 0 Å². The fourth-order valence-electron chi connectivity index (χ4n) is 4.36. The normalized spacial score (nSPS) is 13.9. The maximum Gasteiger partial charge on any atom is 0.255 e. The van der Waals surface area contributed by atoms with E-state index in [-0.39, 0.29) is 5.91 Å². The average Bonchev–Trinajstić information content (AvgIpc) is 3.38. The molecule has 0 saturated carbocycles. The van der Waals surface area contributed by atoms with Gasteiger partial charge >= 0.3 is 0 Å². The van der Waals surface area contributed by atoms with Crippen molar-refractivity contribution in [2.75, 3.05) is 23.7 Å². The highest BCUT2D eigenvalue weighted by Crippen LogP contribution is 2.32. The highest BCUT2D eigenvalue weighted by molar-refractivity contribution is 9.11. The molecule has 1 saturated heterocycles. The van der Waals surface area contributed by atoms with E-state index in [2.05, 4.69) is 52.4 Å². The number of nitrogens with zero attached hydrogens (tertiary/aromatic N) is 3. The Morgan fingerprint density at radius 2 is 1.86 bits per heavy atom. The lowest BCUT2D eigenvalue weighted by Crippen LogP contribution is -2.29. The van der Waals surface area contributed by atoms with E-state index in [4.69, 9.17) is 4.98 Å². The first-order valence-electron chi connectivity index (χ1n) is 12.2. The number of rotatable bonds is 7. The Balaban J connectivity index is 1.28. The Labute approximate surface area is 237 Å². The van der Waals surface area contributed by atoms with Gasteiger partial charge in [0.25, 0.3) is 5.91 Å². The Bertz CT molecular complexity index is 1380. The van der Waals surface area contributed by atoms with Crippen molar-refractivity contribution in [1.82, 2.24) is 14.9 Å². The first kappa shape index (κ1) is 26.0. The van der Waals surface area contributed by atoms with Gasteiger partial charge in [-0.05, 0) is 80.4 Å². The summed E-state index contributed by atoms with van der Waals surface area (Å²) >= 11 is 8.93. The van der Waals surface area contributed by atoms with Crippen LogP contribution in [0.4, 0.5) is 16.5 Å². The van der Waals surface area contributed by atoms with Crippen LogP contribution in [0, 0.1) is 6.92 Å². The molecule has 4 aromatic rings. The molecule has 2 aromatic carbocycles. The highest BCUT2D eigenvalue weighted by atomic mass is 79.9. The highest BCUT2D eigenvalue weighted by Gasteiger charge is 2.17. The molecular formula is C28H27Br2N5OS. The minimum atomic E-state index is -0.158. The summed E-state index contributed by atoms with van der Waals surface area (Å²) in [5, 5.41) is 9.22. The zero-order valence-corrected chi connectivity index (χ0v) is 24.4. The molecule has 190 valence electrons. The Morgan fingerprint density at radius 1 is 1.08 bits per heavy atom. The number of amides is 1. The van der Waals surface area contributed by atoms with Crippen LogP contribution in [0.2, 0.25) is 0 Å². The van der Waals surface area contributed by atoms with Gasteiger partial charge in [-0.2, -0.15) is 0 Å².